The smallest absolute Gasteiger partial charge is 0.0907 e. The lowest BCUT2D eigenvalue weighted by Gasteiger charge is -2.27. The molecule has 1 heterocycles. The standard InChI is InChI=1S/C18H18N2S/c1-12-19-17-10-9-14(11-18(17)21-12)20-16-8-4-6-13-5-2-3-7-15(13)16/h2-3,5,7,9-11,16,20H,4,6,8H2,1H3. The number of hydrogen-bond acceptors (Lipinski definition) is 3. The summed E-state index contributed by atoms with van der Waals surface area (Å²) >= 11 is 1.76. The average molecular weight is 294 g/mol. The number of hydrogen-bond donors (Lipinski definition) is 1. The second-order valence-corrected chi connectivity index (χ2v) is 6.94. The largest absolute Gasteiger partial charge is 0.378 e. The molecule has 0 saturated heterocycles. The fourth-order valence-electron chi connectivity index (χ4n) is 3.23. The molecule has 1 atom stereocenters. The molecule has 3 heteroatoms. The van der Waals surface area contributed by atoms with Crippen LogP contribution in [0.5, 0.6) is 0 Å². The maximum atomic E-state index is 4.53. The van der Waals surface area contributed by atoms with Gasteiger partial charge in [-0.15, -0.1) is 11.3 Å². The number of nitrogens with one attached hydrogen (secondary N) is 1. The Kier molecular flexibility index (Phi) is 3.15. The molecule has 0 radical (unpaired) electrons. The van der Waals surface area contributed by atoms with Crippen LogP contribution >= 0.6 is 11.3 Å². The van der Waals surface area contributed by atoms with Gasteiger partial charge in [0.25, 0.3) is 0 Å². The van der Waals surface area contributed by atoms with E-state index in [-0.39, 0.29) is 0 Å². The predicted molar refractivity (Wildman–Crippen MR) is 90.1 cm³/mol. The molecule has 0 saturated carbocycles. The summed E-state index contributed by atoms with van der Waals surface area (Å²) in [6.45, 7) is 2.06. The summed E-state index contributed by atoms with van der Waals surface area (Å²) in [5.74, 6) is 0. The van der Waals surface area contributed by atoms with Gasteiger partial charge in [0.2, 0.25) is 0 Å². The van der Waals surface area contributed by atoms with E-state index >= 15 is 0 Å². The SMILES string of the molecule is Cc1nc2ccc(NC3CCCc4ccccc43)cc2s1. The Bertz CT molecular complexity index is 791. The van der Waals surface area contributed by atoms with E-state index in [1.807, 2.05) is 0 Å². The molecule has 0 spiro atoms. The topological polar surface area (TPSA) is 24.9 Å². The second-order valence-electron chi connectivity index (χ2n) is 5.70. The molecule has 0 amide bonds. The van der Waals surface area contributed by atoms with Gasteiger partial charge in [-0.25, -0.2) is 4.98 Å². The van der Waals surface area contributed by atoms with E-state index in [1.165, 1.54) is 40.8 Å². The number of rotatable bonds is 2. The number of aryl methyl sites for hydroxylation is 2. The lowest BCUT2D eigenvalue weighted by Crippen LogP contribution is -2.17. The molecule has 2 aromatic carbocycles. The summed E-state index contributed by atoms with van der Waals surface area (Å²) in [6, 6.07) is 15.8. The van der Waals surface area contributed by atoms with Crippen molar-refractivity contribution in [2.24, 2.45) is 0 Å². The van der Waals surface area contributed by atoms with Crippen LogP contribution in [-0.2, 0) is 6.42 Å². The van der Waals surface area contributed by atoms with E-state index in [9.17, 15) is 0 Å². The highest BCUT2D eigenvalue weighted by Gasteiger charge is 2.19. The summed E-state index contributed by atoms with van der Waals surface area (Å²) in [7, 11) is 0. The number of thiazole rings is 1. The van der Waals surface area contributed by atoms with Gasteiger partial charge in [-0.2, -0.15) is 0 Å². The van der Waals surface area contributed by atoms with Crippen LogP contribution in [0, 0.1) is 6.92 Å². The Balaban J connectivity index is 1.65. The zero-order valence-electron chi connectivity index (χ0n) is 12.1. The molecule has 0 fully saturated rings. The third-order valence-corrected chi connectivity index (χ3v) is 5.14. The van der Waals surface area contributed by atoms with Crippen LogP contribution in [0.2, 0.25) is 0 Å². The summed E-state index contributed by atoms with van der Waals surface area (Å²) in [5, 5.41) is 4.85. The lowest BCUT2D eigenvalue weighted by atomic mass is 9.87. The van der Waals surface area contributed by atoms with Gasteiger partial charge in [0.1, 0.15) is 0 Å². The zero-order valence-corrected chi connectivity index (χ0v) is 12.9. The van der Waals surface area contributed by atoms with Gasteiger partial charge in [-0.3, -0.25) is 0 Å². The Labute approximate surface area is 128 Å². The molecule has 1 aliphatic carbocycles. The Morgan fingerprint density at radius 3 is 3.05 bits per heavy atom. The minimum Gasteiger partial charge on any atom is -0.378 e. The molecule has 3 aromatic rings. The van der Waals surface area contributed by atoms with Crippen molar-refractivity contribution in [2.45, 2.75) is 32.2 Å². The van der Waals surface area contributed by atoms with Gasteiger partial charge in [0.15, 0.2) is 0 Å². The maximum absolute atomic E-state index is 4.53. The molecule has 106 valence electrons. The van der Waals surface area contributed by atoms with Crippen molar-refractivity contribution < 1.29 is 0 Å². The van der Waals surface area contributed by atoms with Crippen LogP contribution < -0.4 is 5.32 Å². The molecular formula is C18H18N2S. The van der Waals surface area contributed by atoms with E-state index in [2.05, 4.69) is 59.7 Å². The van der Waals surface area contributed by atoms with Gasteiger partial charge < -0.3 is 5.32 Å². The van der Waals surface area contributed by atoms with Crippen LogP contribution in [0.1, 0.15) is 35.0 Å². The van der Waals surface area contributed by atoms with Crippen LogP contribution in [-0.4, -0.2) is 4.98 Å². The summed E-state index contributed by atoms with van der Waals surface area (Å²) in [6.07, 6.45) is 3.68. The van der Waals surface area contributed by atoms with Crippen molar-refractivity contribution in [3.05, 3.63) is 58.6 Å². The maximum Gasteiger partial charge on any atom is 0.0907 e. The Morgan fingerprint density at radius 2 is 2.10 bits per heavy atom. The van der Waals surface area contributed by atoms with Crippen molar-refractivity contribution in [3.8, 4) is 0 Å². The zero-order chi connectivity index (χ0) is 14.2. The lowest BCUT2D eigenvalue weighted by molar-refractivity contribution is 0.600. The quantitative estimate of drug-likeness (QED) is 0.711. The van der Waals surface area contributed by atoms with Gasteiger partial charge in [0, 0.05) is 5.69 Å². The van der Waals surface area contributed by atoms with Crippen molar-refractivity contribution >= 4 is 27.2 Å². The van der Waals surface area contributed by atoms with E-state index in [0.717, 1.165) is 10.5 Å². The van der Waals surface area contributed by atoms with Crippen LogP contribution in [0.3, 0.4) is 0 Å². The highest BCUT2D eigenvalue weighted by Crippen LogP contribution is 2.33. The van der Waals surface area contributed by atoms with Crippen molar-refractivity contribution in [1.82, 2.24) is 4.98 Å². The first kappa shape index (κ1) is 12.8. The van der Waals surface area contributed by atoms with Crippen LogP contribution in [0.25, 0.3) is 10.2 Å². The molecule has 1 aliphatic rings. The predicted octanol–water partition coefficient (Wildman–Crippen LogP) is 5.09. The first-order valence-electron chi connectivity index (χ1n) is 7.51. The highest BCUT2D eigenvalue weighted by molar-refractivity contribution is 7.18. The van der Waals surface area contributed by atoms with Crippen LogP contribution in [0.15, 0.2) is 42.5 Å². The number of benzene rings is 2. The normalized spacial score (nSPS) is 17.7. The number of aromatic nitrogens is 1. The third kappa shape index (κ3) is 2.42. The van der Waals surface area contributed by atoms with Crippen molar-refractivity contribution in [2.75, 3.05) is 5.32 Å². The molecule has 4 rings (SSSR count). The molecule has 1 N–H and O–H groups in total. The first-order chi connectivity index (χ1) is 10.3. The third-order valence-electron chi connectivity index (χ3n) is 4.21. The fraction of sp³-hybridized carbons (Fsp3) is 0.278. The molecule has 0 aliphatic heterocycles. The first-order valence-corrected chi connectivity index (χ1v) is 8.33. The molecule has 0 bridgehead atoms. The van der Waals surface area contributed by atoms with Crippen LogP contribution in [0.4, 0.5) is 5.69 Å². The fourth-order valence-corrected chi connectivity index (χ4v) is 4.10. The van der Waals surface area contributed by atoms with E-state index in [0.29, 0.717) is 6.04 Å². The second kappa shape index (κ2) is 5.15. The molecule has 1 aromatic heterocycles. The summed E-state index contributed by atoms with van der Waals surface area (Å²) in [4.78, 5) is 4.53. The summed E-state index contributed by atoms with van der Waals surface area (Å²) < 4.78 is 1.27. The Morgan fingerprint density at radius 1 is 1.19 bits per heavy atom. The minimum absolute atomic E-state index is 0.432. The average Bonchev–Trinajstić information content (AvgIpc) is 2.87. The monoisotopic (exact) mass is 294 g/mol. The number of nitrogens with zero attached hydrogens (tertiary/aromatic N) is 1. The van der Waals surface area contributed by atoms with E-state index in [4.69, 9.17) is 0 Å². The minimum atomic E-state index is 0.432. The van der Waals surface area contributed by atoms with Gasteiger partial charge in [-0.05, 0) is 55.5 Å². The molecule has 21 heavy (non-hydrogen) atoms. The molecule has 2 nitrogen and oxygen atoms in total. The van der Waals surface area contributed by atoms with E-state index < -0.39 is 0 Å². The molecular weight excluding hydrogens is 276 g/mol. The number of anilines is 1. The van der Waals surface area contributed by atoms with Gasteiger partial charge >= 0.3 is 0 Å². The van der Waals surface area contributed by atoms with E-state index in [1.54, 1.807) is 11.3 Å². The van der Waals surface area contributed by atoms with Gasteiger partial charge in [0.05, 0.1) is 21.3 Å². The Hall–Kier alpha value is -1.87. The van der Waals surface area contributed by atoms with Crippen molar-refractivity contribution in [1.29, 1.82) is 0 Å². The highest BCUT2D eigenvalue weighted by atomic mass is 32.1. The summed E-state index contributed by atoms with van der Waals surface area (Å²) in [5.41, 5.74) is 5.26. The number of fused-ring (bicyclic) bond motifs is 2. The van der Waals surface area contributed by atoms with Crippen molar-refractivity contribution in [3.63, 3.8) is 0 Å². The molecule has 1 unspecified atom stereocenters. The van der Waals surface area contributed by atoms with Gasteiger partial charge in [-0.1, -0.05) is 24.3 Å².